The molecule has 0 bridgehead atoms. The van der Waals surface area contributed by atoms with Crippen LogP contribution in [0.5, 0.6) is 5.75 Å². The average Bonchev–Trinajstić information content (AvgIpc) is 2.71. The molecule has 0 saturated heterocycles. The number of methoxy groups -OCH3 is 1. The molecule has 170 valence electrons. The zero-order valence-corrected chi connectivity index (χ0v) is 18.4. The maximum atomic E-state index is 14.0. The minimum Gasteiger partial charge on any atom is -0.495 e. The van der Waals surface area contributed by atoms with Crippen LogP contribution in [0.15, 0.2) is 58.4 Å². The summed E-state index contributed by atoms with van der Waals surface area (Å²) in [6.07, 6.45) is -3.82. The number of aromatic amines is 1. The smallest absolute Gasteiger partial charge is 0.422 e. The number of ether oxygens (including phenoxy) is 1. The van der Waals surface area contributed by atoms with Crippen molar-refractivity contribution < 1.29 is 23.0 Å². The number of hydrogen-bond donors (Lipinski definition) is 2. The zero-order chi connectivity index (χ0) is 23.7. The van der Waals surface area contributed by atoms with Crippen molar-refractivity contribution in [2.45, 2.75) is 37.5 Å². The molecule has 2 aromatic carbocycles. The molecule has 3 aromatic rings. The highest BCUT2D eigenvalue weighted by Crippen LogP contribution is 2.42. The number of fused-ring (bicyclic) bond motifs is 1. The van der Waals surface area contributed by atoms with Crippen molar-refractivity contribution in [3.05, 3.63) is 69.6 Å². The van der Waals surface area contributed by atoms with Crippen molar-refractivity contribution >= 4 is 34.3 Å². The van der Waals surface area contributed by atoms with Gasteiger partial charge in [0.1, 0.15) is 5.75 Å². The number of nitrogens with zero attached hydrogens (tertiary/aromatic N) is 1. The Morgan fingerprint density at radius 2 is 1.88 bits per heavy atom. The average molecular weight is 467 g/mol. The van der Waals surface area contributed by atoms with Crippen LogP contribution in [-0.2, 0) is 5.41 Å². The normalized spacial score (nSPS) is 14.6. The highest BCUT2D eigenvalue weighted by atomic mass is 35.5. The number of H-pyrrole nitrogens is 1. The quantitative estimate of drug-likeness (QED) is 0.467. The first-order valence-electron chi connectivity index (χ1n) is 9.67. The first-order chi connectivity index (χ1) is 14.9. The molecule has 0 radical (unpaired) electrons. The molecule has 1 aromatic heterocycles. The van der Waals surface area contributed by atoms with E-state index in [4.69, 9.17) is 16.3 Å². The molecular formula is C23H22ClF3N2O3. The molecule has 1 atom stereocenters. The largest absolute Gasteiger partial charge is 0.495 e. The zero-order valence-electron chi connectivity index (χ0n) is 17.6. The van der Waals surface area contributed by atoms with Crippen molar-refractivity contribution in [2.24, 2.45) is 4.99 Å². The molecule has 9 heteroatoms. The third kappa shape index (κ3) is 4.66. The van der Waals surface area contributed by atoms with Gasteiger partial charge in [-0.1, -0.05) is 37.6 Å². The number of aromatic nitrogens is 1. The van der Waals surface area contributed by atoms with Crippen LogP contribution in [0.1, 0.15) is 25.8 Å². The Morgan fingerprint density at radius 3 is 2.53 bits per heavy atom. The molecule has 0 amide bonds. The summed E-state index contributed by atoms with van der Waals surface area (Å²) < 4.78 is 47.2. The van der Waals surface area contributed by atoms with Crippen molar-refractivity contribution in [3.8, 4) is 5.75 Å². The maximum absolute atomic E-state index is 14.0. The Labute approximate surface area is 187 Å². The predicted molar refractivity (Wildman–Crippen MR) is 119 cm³/mol. The van der Waals surface area contributed by atoms with Gasteiger partial charge in [0, 0.05) is 23.2 Å². The van der Waals surface area contributed by atoms with Gasteiger partial charge in [-0.25, -0.2) is 0 Å². The van der Waals surface area contributed by atoms with E-state index in [1.54, 1.807) is 38.1 Å². The minimum absolute atomic E-state index is 0.141. The maximum Gasteiger partial charge on any atom is 0.422 e. The molecule has 3 rings (SSSR count). The van der Waals surface area contributed by atoms with Crippen LogP contribution in [-0.4, -0.2) is 35.2 Å². The summed E-state index contributed by atoms with van der Waals surface area (Å²) >= 11 is 6.03. The van der Waals surface area contributed by atoms with Gasteiger partial charge in [-0.3, -0.25) is 9.79 Å². The van der Waals surface area contributed by atoms with Crippen LogP contribution in [0.2, 0.25) is 5.02 Å². The Balaban J connectivity index is 2.03. The van der Waals surface area contributed by atoms with Crippen LogP contribution < -0.4 is 10.3 Å². The van der Waals surface area contributed by atoms with Gasteiger partial charge in [-0.15, -0.1) is 0 Å². The van der Waals surface area contributed by atoms with E-state index in [1.165, 1.54) is 31.5 Å². The molecule has 5 nitrogen and oxygen atoms in total. The summed E-state index contributed by atoms with van der Waals surface area (Å²) in [5.41, 5.74) is -4.09. The number of nitrogens with one attached hydrogen (secondary N) is 1. The molecule has 1 unspecified atom stereocenters. The number of benzene rings is 2. The molecule has 0 aliphatic heterocycles. The second kappa shape index (κ2) is 8.60. The van der Waals surface area contributed by atoms with Crippen LogP contribution >= 0.6 is 11.6 Å². The van der Waals surface area contributed by atoms with Gasteiger partial charge >= 0.3 is 6.18 Å². The number of rotatable bonds is 6. The van der Waals surface area contributed by atoms with Gasteiger partial charge < -0.3 is 14.8 Å². The molecule has 32 heavy (non-hydrogen) atoms. The lowest BCUT2D eigenvalue weighted by atomic mass is 9.75. The van der Waals surface area contributed by atoms with Gasteiger partial charge in [-0.05, 0) is 47.7 Å². The monoisotopic (exact) mass is 466 g/mol. The summed E-state index contributed by atoms with van der Waals surface area (Å²) in [4.78, 5) is 18.4. The molecule has 0 aliphatic carbocycles. The van der Waals surface area contributed by atoms with E-state index in [9.17, 15) is 23.1 Å². The fourth-order valence-electron chi connectivity index (χ4n) is 3.57. The molecule has 0 aliphatic rings. The van der Waals surface area contributed by atoms with E-state index >= 15 is 0 Å². The van der Waals surface area contributed by atoms with Gasteiger partial charge in [0.05, 0.1) is 17.8 Å². The van der Waals surface area contributed by atoms with Crippen molar-refractivity contribution in [3.63, 3.8) is 0 Å². The Kier molecular flexibility index (Phi) is 6.40. The first-order valence-corrected chi connectivity index (χ1v) is 10.0. The molecule has 2 N–H and O–H groups in total. The first kappa shape index (κ1) is 23.8. The highest BCUT2D eigenvalue weighted by molar-refractivity contribution is 6.32. The summed E-state index contributed by atoms with van der Waals surface area (Å²) in [5.74, 6) is 0.322. The number of alkyl halides is 3. The number of aliphatic hydroxyl groups is 1. The number of halogens is 4. The summed E-state index contributed by atoms with van der Waals surface area (Å²) in [6, 6.07) is 10.8. The Bertz CT molecular complexity index is 1220. The minimum atomic E-state index is -4.99. The van der Waals surface area contributed by atoms with Crippen LogP contribution in [0.4, 0.5) is 18.9 Å². The summed E-state index contributed by atoms with van der Waals surface area (Å²) in [5, 5.41) is 11.7. The number of hydrogen-bond acceptors (Lipinski definition) is 4. The fourth-order valence-corrected chi connectivity index (χ4v) is 3.76. The third-order valence-electron chi connectivity index (χ3n) is 5.34. The summed E-state index contributed by atoms with van der Waals surface area (Å²) in [7, 11) is 1.41. The van der Waals surface area contributed by atoms with Gasteiger partial charge in [0.15, 0.2) is 5.60 Å². The van der Waals surface area contributed by atoms with Gasteiger partial charge in [-0.2, -0.15) is 13.2 Å². The van der Waals surface area contributed by atoms with Crippen molar-refractivity contribution in [1.82, 2.24) is 4.98 Å². The number of aliphatic imine (C=N–C) groups is 1. The van der Waals surface area contributed by atoms with E-state index < -0.39 is 23.6 Å². The molecule has 1 heterocycles. The Morgan fingerprint density at radius 1 is 1.16 bits per heavy atom. The van der Waals surface area contributed by atoms with E-state index in [1.807, 2.05) is 0 Å². The molecule has 0 spiro atoms. The van der Waals surface area contributed by atoms with Crippen molar-refractivity contribution in [1.29, 1.82) is 0 Å². The van der Waals surface area contributed by atoms with E-state index in [2.05, 4.69) is 9.98 Å². The van der Waals surface area contributed by atoms with Crippen LogP contribution in [0.3, 0.4) is 0 Å². The lowest BCUT2D eigenvalue weighted by molar-refractivity contribution is -0.234. The SMILES string of the molecule is COc1cc(C(C)(C)CC(O)(/C=N/c2cccc3c(=O)[nH]ccc23)C(F)(F)F)ccc1Cl. The Hall–Kier alpha value is -2.84. The molecular weight excluding hydrogens is 445 g/mol. The molecule has 0 fully saturated rings. The predicted octanol–water partition coefficient (Wildman–Crippen LogP) is 5.55. The van der Waals surface area contributed by atoms with Crippen molar-refractivity contribution in [2.75, 3.05) is 7.11 Å². The molecule has 0 saturated carbocycles. The van der Waals surface area contributed by atoms with Gasteiger partial charge in [0.25, 0.3) is 5.56 Å². The van der Waals surface area contributed by atoms with Gasteiger partial charge in [0.2, 0.25) is 0 Å². The topological polar surface area (TPSA) is 74.7 Å². The number of pyridine rings is 1. The second-order valence-corrected chi connectivity index (χ2v) is 8.54. The lowest BCUT2D eigenvalue weighted by Crippen LogP contribution is -2.50. The van der Waals surface area contributed by atoms with Crippen LogP contribution in [0.25, 0.3) is 10.8 Å². The highest BCUT2D eigenvalue weighted by Gasteiger charge is 2.55. The van der Waals surface area contributed by atoms with E-state index in [0.717, 1.165) is 0 Å². The fraction of sp³-hybridized carbons (Fsp3) is 0.304. The van der Waals surface area contributed by atoms with E-state index in [0.29, 0.717) is 27.9 Å². The lowest BCUT2D eigenvalue weighted by Gasteiger charge is -2.35. The van der Waals surface area contributed by atoms with E-state index in [-0.39, 0.29) is 16.6 Å². The second-order valence-electron chi connectivity index (χ2n) is 8.14. The third-order valence-corrected chi connectivity index (χ3v) is 5.66. The summed E-state index contributed by atoms with van der Waals surface area (Å²) in [6.45, 7) is 3.16. The standard InChI is InChI=1S/C23H22ClF3N2O3/c1-21(2,14-7-8-17(24)19(11-14)32-3)12-22(31,23(25,26)27)13-29-18-6-4-5-16-15(18)9-10-28-20(16)30/h4-11,13,31H,12H2,1-3H3,(H,28,30)/b29-13+. The van der Waals surface area contributed by atoms with Crippen LogP contribution in [0, 0.1) is 0 Å².